The molecule has 0 bridgehead atoms. The fraction of sp³-hybridized carbons (Fsp3) is 0.444. The maximum atomic E-state index is 13.0. The van der Waals surface area contributed by atoms with Crippen molar-refractivity contribution in [3.63, 3.8) is 0 Å². The van der Waals surface area contributed by atoms with Gasteiger partial charge in [0.25, 0.3) is 0 Å². The number of rotatable bonds is 8. The van der Waals surface area contributed by atoms with E-state index in [-0.39, 0.29) is 44.0 Å². The highest BCUT2D eigenvalue weighted by molar-refractivity contribution is 5.85. The third-order valence-corrected chi connectivity index (χ3v) is 7.41. The molecule has 2 fully saturated rings. The Morgan fingerprint density at radius 1 is 1.06 bits per heavy atom. The molecular weight excluding hydrogens is 432 g/mol. The van der Waals surface area contributed by atoms with Crippen molar-refractivity contribution in [2.75, 3.05) is 26.2 Å². The number of likely N-dealkylation sites (tertiary alicyclic amines) is 1. The van der Waals surface area contributed by atoms with Crippen LogP contribution in [-0.4, -0.2) is 54.2 Å². The van der Waals surface area contributed by atoms with Gasteiger partial charge in [-0.05, 0) is 41.5 Å². The molecule has 1 saturated heterocycles. The summed E-state index contributed by atoms with van der Waals surface area (Å²) in [5, 5.41) is 12.1. The van der Waals surface area contributed by atoms with E-state index in [1.54, 1.807) is 11.8 Å². The summed E-state index contributed by atoms with van der Waals surface area (Å²) in [7, 11) is 0. The molecule has 0 radical (unpaired) electrons. The second kappa shape index (κ2) is 8.78. The van der Waals surface area contributed by atoms with E-state index in [1.165, 1.54) is 11.1 Å². The molecule has 2 aromatic carbocycles. The number of amides is 2. The lowest BCUT2D eigenvalue weighted by Gasteiger charge is -2.46. The smallest absolute Gasteiger partial charge is 0.407 e. The van der Waals surface area contributed by atoms with E-state index in [1.807, 2.05) is 24.3 Å². The predicted octanol–water partition coefficient (Wildman–Crippen LogP) is 3.87. The van der Waals surface area contributed by atoms with Crippen molar-refractivity contribution in [3.8, 4) is 11.1 Å². The second-order valence-corrected chi connectivity index (χ2v) is 10.1. The lowest BCUT2D eigenvalue weighted by molar-refractivity contribution is -0.165. The van der Waals surface area contributed by atoms with Gasteiger partial charge >= 0.3 is 12.1 Å². The van der Waals surface area contributed by atoms with Gasteiger partial charge in [0.15, 0.2) is 0 Å². The number of ether oxygens (including phenoxy) is 1. The second-order valence-electron chi connectivity index (χ2n) is 10.1. The zero-order valence-corrected chi connectivity index (χ0v) is 19.3. The van der Waals surface area contributed by atoms with Crippen molar-refractivity contribution < 1.29 is 24.2 Å². The van der Waals surface area contributed by atoms with E-state index < -0.39 is 17.5 Å². The lowest BCUT2D eigenvalue weighted by atomic mass is 9.81. The molecule has 178 valence electrons. The summed E-state index contributed by atoms with van der Waals surface area (Å²) < 4.78 is 5.60. The van der Waals surface area contributed by atoms with Gasteiger partial charge in [-0.1, -0.05) is 61.4 Å². The number of nitrogens with zero attached hydrogens (tertiary/aromatic N) is 1. The van der Waals surface area contributed by atoms with Gasteiger partial charge in [0.1, 0.15) is 6.61 Å². The lowest BCUT2D eigenvalue weighted by Crippen LogP contribution is -2.62. The normalized spacial score (nSPS) is 18.9. The third-order valence-electron chi connectivity index (χ3n) is 7.41. The maximum Gasteiger partial charge on any atom is 0.407 e. The van der Waals surface area contributed by atoms with Gasteiger partial charge in [-0.25, -0.2) is 4.79 Å². The predicted molar refractivity (Wildman–Crippen MR) is 126 cm³/mol. The largest absolute Gasteiger partial charge is 0.481 e. The minimum atomic E-state index is -0.882. The van der Waals surface area contributed by atoms with E-state index in [9.17, 15) is 19.5 Å². The molecule has 2 aliphatic carbocycles. The number of hydrogen-bond donors (Lipinski definition) is 2. The summed E-state index contributed by atoms with van der Waals surface area (Å²) in [6, 6.07) is 16.3. The number of aliphatic carboxylic acids is 1. The average Bonchev–Trinajstić information content (AvgIpc) is 3.58. The first kappa shape index (κ1) is 22.4. The SMILES string of the molecule is CC1(C(=O)O)CN(C(=O)C(CNC(=O)OCC2c3ccccc3-c3ccccc32)CC2CC2)C1. The first-order chi connectivity index (χ1) is 16.4. The molecule has 2 aromatic rings. The molecular formula is C27H30N2O5. The summed E-state index contributed by atoms with van der Waals surface area (Å²) in [6.45, 7) is 2.51. The summed E-state index contributed by atoms with van der Waals surface area (Å²) in [5.41, 5.74) is 3.77. The highest BCUT2D eigenvalue weighted by Crippen LogP contribution is 2.44. The Kier molecular flexibility index (Phi) is 5.80. The van der Waals surface area contributed by atoms with E-state index in [4.69, 9.17) is 4.74 Å². The number of benzene rings is 2. The van der Waals surface area contributed by atoms with E-state index in [2.05, 4.69) is 29.6 Å². The zero-order valence-electron chi connectivity index (χ0n) is 19.3. The number of carbonyl (C=O) groups is 3. The minimum Gasteiger partial charge on any atom is -0.481 e. The molecule has 5 rings (SSSR count). The van der Waals surface area contributed by atoms with Crippen LogP contribution in [0.4, 0.5) is 4.79 Å². The van der Waals surface area contributed by atoms with Crippen molar-refractivity contribution in [2.45, 2.75) is 32.1 Å². The summed E-state index contributed by atoms with van der Waals surface area (Å²) in [5.74, 6) is -0.829. The highest BCUT2D eigenvalue weighted by atomic mass is 16.5. The number of hydrogen-bond acceptors (Lipinski definition) is 4. The van der Waals surface area contributed by atoms with Gasteiger partial charge in [-0.15, -0.1) is 0 Å². The molecule has 0 aromatic heterocycles. The van der Waals surface area contributed by atoms with Gasteiger partial charge in [0, 0.05) is 25.6 Å². The van der Waals surface area contributed by atoms with Crippen molar-refractivity contribution in [1.82, 2.24) is 10.2 Å². The maximum absolute atomic E-state index is 13.0. The monoisotopic (exact) mass is 462 g/mol. The number of nitrogens with one attached hydrogen (secondary N) is 1. The molecule has 2 N–H and O–H groups in total. The van der Waals surface area contributed by atoms with Gasteiger partial charge in [-0.3, -0.25) is 9.59 Å². The van der Waals surface area contributed by atoms with E-state index in [0.29, 0.717) is 12.3 Å². The molecule has 1 atom stereocenters. The number of alkyl carbamates (subject to hydrolysis) is 1. The number of carbonyl (C=O) groups excluding carboxylic acids is 2. The van der Waals surface area contributed by atoms with E-state index >= 15 is 0 Å². The molecule has 0 spiro atoms. The highest BCUT2D eigenvalue weighted by Gasteiger charge is 2.48. The summed E-state index contributed by atoms with van der Waals surface area (Å²) in [6.07, 6.45) is 2.38. The summed E-state index contributed by atoms with van der Waals surface area (Å²) in [4.78, 5) is 38.5. The molecule has 2 amide bonds. The molecule has 1 saturated carbocycles. The third kappa shape index (κ3) is 4.27. The van der Waals surface area contributed by atoms with Crippen molar-refractivity contribution >= 4 is 18.0 Å². The van der Waals surface area contributed by atoms with Crippen molar-refractivity contribution in [3.05, 3.63) is 59.7 Å². The van der Waals surface area contributed by atoms with Crippen LogP contribution in [0, 0.1) is 17.3 Å². The zero-order chi connectivity index (χ0) is 23.9. The average molecular weight is 463 g/mol. The van der Waals surface area contributed by atoms with Crippen LogP contribution in [-0.2, 0) is 14.3 Å². The quantitative estimate of drug-likeness (QED) is 0.621. The van der Waals surface area contributed by atoms with Gasteiger partial charge in [0.2, 0.25) is 5.91 Å². The summed E-state index contributed by atoms with van der Waals surface area (Å²) >= 11 is 0. The molecule has 1 heterocycles. The van der Waals surface area contributed by atoms with E-state index in [0.717, 1.165) is 24.0 Å². The Bertz CT molecular complexity index is 1070. The van der Waals surface area contributed by atoms with Crippen molar-refractivity contribution in [2.24, 2.45) is 17.3 Å². The Balaban J connectivity index is 1.17. The number of carboxylic acid groups (broad SMARTS) is 1. The van der Waals surface area contributed by atoms with Crippen LogP contribution in [0.1, 0.15) is 43.2 Å². The van der Waals surface area contributed by atoms with Crippen LogP contribution in [0.25, 0.3) is 11.1 Å². The molecule has 1 aliphatic heterocycles. The van der Waals surface area contributed by atoms with Gasteiger partial charge in [-0.2, -0.15) is 0 Å². The Morgan fingerprint density at radius 2 is 1.65 bits per heavy atom. The number of carboxylic acids is 1. The fourth-order valence-electron chi connectivity index (χ4n) is 5.23. The molecule has 1 unspecified atom stereocenters. The van der Waals surface area contributed by atoms with Crippen LogP contribution in [0.3, 0.4) is 0 Å². The van der Waals surface area contributed by atoms with Crippen LogP contribution < -0.4 is 5.32 Å². The Labute approximate surface area is 199 Å². The molecule has 7 nitrogen and oxygen atoms in total. The van der Waals surface area contributed by atoms with Crippen LogP contribution >= 0.6 is 0 Å². The first-order valence-corrected chi connectivity index (χ1v) is 12.0. The topological polar surface area (TPSA) is 95.9 Å². The molecule has 3 aliphatic rings. The van der Waals surface area contributed by atoms with Crippen molar-refractivity contribution in [1.29, 1.82) is 0 Å². The Hall–Kier alpha value is -3.35. The van der Waals surface area contributed by atoms with Crippen LogP contribution in [0.15, 0.2) is 48.5 Å². The molecule has 7 heteroatoms. The molecule has 34 heavy (non-hydrogen) atoms. The van der Waals surface area contributed by atoms with Crippen LogP contribution in [0.5, 0.6) is 0 Å². The van der Waals surface area contributed by atoms with Gasteiger partial charge < -0.3 is 20.1 Å². The minimum absolute atomic E-state index is 0.0168. The Morgan fingerprint density at radius 3 is 2.21 bits per heavy atom. The first-order valence-electron chi connectivity index (χ1n) is 12.0. The van der Waals surface area contributed by atoms with Crippen LogP contribution in [0.2, 0.25) is 0 Å². The standard InChI is InChI=1S/C27H30N2O5/c1-27(25(31)32)15-29(16-27)24(30)18(12-17-10-11-17)13-28-26(33)34-14-23-21-8-4-2-6-19(21)20-7-3-5-9-22(20)23/h2-9,17-18,23H,10-16H2,1H3,(H,28,33)(H,31,32). The fourth-order valence-corrected chi connectivity index (χ4v) is 5.23. The number of fused-ring (bicyclic) bond motifs is 3. The van der Waals surface area contributed by atoms with Gasteiger partial charge in [0.05, 0.1) is 11.3 Å².